The minimum atomic E-state index is -3.57. The topological polar surface area (TPSA) is 72.2 Å². The number of hydrogen-bond acceptors (Lipinski definition) is 3. The van der Waals surface area contributed by atoms with Crippen LogP contribution >= 0.6 is 31.9 Å². The van der Waals surface area contributed by atoms with Crippen molar-refractivity contribution in [2.24, 2.45) is 0 Å². The van der Waals surface area contributed by atoms with E-state index >= 15 is 0 Å². The summed E-state index contributed by atoms with van der Waals surface area (Å²) < 4.78 is 29.1. The van der Waals surface area contributed by atoms with Gasteiger partial charge in [-0.05, 0) is 56.8 Å². The fourth-order valence-electron chi connectivity index (χ4n) is 2.69. The van der Waals surface area contributed by atoms with Crippen LogP contribution in [-0.2, 0) is 10.0 Å². The molecule has 1 aliphatic carbocycles. The van der Waals surface area contributed by atoms with E-state index in [1.165, 1.54) is 19.3 Å². The van der Waals surface area contributed by atoms with Gasteiger partial charge in [0.05, 0.1) is 0 Å². The second kappa shape index (κ2) is 7.44. The maximum absolute atomic E-state index is 12.6. The lowest BCUT2D eigenvalue weighted by molar-refractivity contribution is 0.426. The van der Waals surface area contributed by atoms with Gasteiger partial charge in [-0.25, -0.2) is 13.1 Å². The Labute approximate surface area is 143 Å². The molecular weight excluding hydrogens is 420 g/mol. The van der Waals surface area contributed by atoms with Crippen LogP contribution in [0, 0.1) is 0 Å². The molecule has 0 aliphatic heterocycles. The summed E-state index contributed by atoms with van der Waals surface area (Å²) >= 11 is 6.59. The third-order valence-electron chi connectivity index (χ3n) is 3.72. The fraction of sp³-hybridized carbons (Fsp3) is 0.571. The molecule has 0 atom stereocenters. The molecule has 0 unspecified atom stereocenters. The first-order valence-corrected chi connectivity index (χ1v) is 10.2. The third kappa shape index (κ3) is 4.68. The van der Waals surface area contributed by atoms with Crippen LogP contribution in [0.5, 0.6) is 0 Å². The molecule has 0 saturated heterocycles. The highest BCUT2D eigenvalue weighted by Gasteiger charge is 2.25. The van der Waals surface area contributed by atoms with Crippen molar-refractivity contribution in [2.45, 2.75) is 55.9 Å². The Bertz CT molecular complexity index is 574. The molecule has 4 nitrogen and oxygen atoms in total. The predicted octanol–water partition coefficient (Wildman–Crippen LogP) is 4.19. The average molecular weight is 440 g/mol. The van der Waals surface area contributed by atoms with E-state index in [1.807, 2.05) is 0 Å². The first kappa shape index (κ1) is 17.2. The van der Waals surface area contributed by atoms with Crippen LogP contribution in [0.25, 0.3) is 0 Å². The summed E-state index contributed by atoms with van der Waals surface area (Å²) in [5, 5.41) is 0. The molecule has 0 aromatic heterocycles. The van der Waals surface area contributed by atoms with Crippen molar-refractivity contribution in [2.75, 3.05) is 5.73 Å². The number of benzene rings is 1. The number of nitrogen functional groups attached to an aromatic ring is 1. The summed E-state index contributed by atoms with van der Waals surface area (Å²) in [6.07, 6.45) is 7.61. The second-order valence-electron chi connectivity index (χ2n) is 5.48. The largest absolute Gasteiger partial charge is 0.399 e. The fourth-order valence-corrected chi connectivity index (χ4v) is 6.61. The summed E-state index contributed by atoms with van der Waals surface area (Å²) in [5.41, 5.74) is 6.23. The van der Waals surface area contributed by atoms with Crippen LogP contribution in [0.1, 0.15) is 44.9 Å². The molecular formula is C14H20Br2N2O2S. The van der Waals surface area contributed by atoms with Gasteiger partial charge in [0, 0.05) is 20.7 Å². The number of nitrogens with two attached hydrogens (primary N) is 1. The molecule has 118 valence electrons. The lowest BCUT2D eigenvalue weighted by atomic mass is 9.97. The summed E-state index contributed by atoms with van der Waals surface area (Å²) in [4.78, 5) is 0.221. The van der Waals surface area contributed by atoms with Crippen molar-refractivity contribution in [1.29, 1.82) is 0 Å². The van der Waals surface area contributed by atoms with Crippen molar-refractivity contribution < 1.29 is 8.42 Å². The van der Waals surface area contributed by atoms with Crippen molar-refractivity contribution in [3.8, 4) is 0 Å². The number of sulfonamides is 1. The van der Waals surface area contributed by atoms with E-state index in [0.717, 1.165) is 25.7 Å². The number of hydrogen-bond donors (Lipinski definition) is 2. The van der Waals surface area contributed by atoms with Crippen LogP contribution < -0.4 is 10.5 Å². The first-order chi connectivity index (χ1) is 9.90. The van der Waals surface area contributed by atoms with Gasteiger partial charge in [0.2, 0.25) is 10.0 Å². The molecule has 1 aliphatic rings. The molecule has 0 spiro atoms. The van der Waals surface area contributed by atoms with E-state index in [4.69, 9.17) is 5.73 Å². The van der Waals surface area contributed by atoms with E-state index in [9.17, 15) is 8.42 Å². The third-order valence-corrected chi connectivity index (χ3v) is 7.11. The van der Waals surface area contributed by atoms with Gasteiger partial charge in [0.15, 0.2) is 0 Å². The van der Waals surface area contributed by atoms with Crippen molar-refractivity contribution in [3.05, 3.63) is 21.1 Å². The zero-order valence-electron chi connectivity index (χ0n) is 11.7. The highest BCUT2D eigenvalue weighted by molar-refractivity contribution is 9.11. The Morgan fingerprint density at radius 1 is 1.00 bits per heavy atom. The molecule has 0 heterocycles. The van der Waals surface area contributed by atoms with Gasteiger partial charge in [-0.3, -0.25) is 0 Å². The normalized spacial score (nSPS) is 18.2. The highest BCUT2D eigenvalue weighted by atomic mass is 79.9. The molecule has 1 aromatic carbocycles. The second-order valence-corrected chi connectivity index (χ2v) is 8.84. The summed E-state index contributed by atoms with van der Waals surface area (Å²) in [6.45, 7) is 0. The summed E-state index contributed by atoms with van der Waals surface area (Å²) in [6, 6.07) is 3.24. The van der Waals surface area contributed by atoms with Gasteiger partial charge in [0.1, 0.15) is 4.90 Å². The molecule has 7 heteroatoms. The number of halogens is 2. The zero-order chi connectivity index (χ0) is 15.5. The Kier molecular flexibility index (Phi) is 6.11. The summed E-state index contributed by atoms with van der Waals surface area (Å²) in [5.74, 6) is 0. The summed E-state index contributed by atoms with van der Waals surface area (Å²) in [7, 11) is -3.57. The SMILES string of the molecule is Nc1cc(Br)c(S(=O)(=O)NC2CCCCCCC2)c(Br)c1. The van der Waals surface area contributed by atoms with Crippen LogP contribution in [0.15, 0.2) is 26.0 Å². The molecule has 1 fully saturated rings. The van der Waals surface area contributed by atoms with Gasteiger partial charge in [0.25, 0.3) is 0 Å². The highest BCUT2D eigenvalue weighted by Crippen LogP contribution is 2.33. The van der Waals surface area contributed by atoms with E-state index in [-0.39, 0.29) is 10.9 Å². The Balaban J connectivity index is 2.21. The lowest BCUT2D eigenvalue weighted by Gasteiger charge is -2.21. The van der Waals surface area contributed by atoms with E-state index in [1.54, 1.807) is 12.1 Å². The first-order valence-electron chi connectivity index (χ1n) is 7.17. The average Bonchev–Trinajstić information content (AvgIpc) is 2.30. The number of nitrogens with one attached hydrogen (secondary N) is 1. The molecule has 1 aromatic rings. The minimum Gasteiger partial charge on any atom is -0.399 e. The predicted molar refractivity (Wildman–Crippen MR) is 92.7 cm³/mol. The standard InChI is InChI=1S/C14H20Br2N2O2S/c15-12-8-10(17)9-13(16)14(12)21(19,20)18-11-6-4-2-1-3-5-7-11/h8-9,11,18H,1-7,17H2. The maximum atomic E-state index is 12.6. The maximum Gasteiger partial charge on any atom is 0.243 e. The smallest absolute Gasteiger partial charge is 0.243 e. The monoisotopic (exact) mass is 438 g/mol. The Morgan fingerprint density at radius 2 is 1.48 bits per heavy atom. The zero-order valence-corrected chi connectivity index (χ0v) is 15.7. The Hall–Kier alpha value is -0.110. The Morgan fingerprint density at radius 3 is 2.00 bits per heavy atom. The molecule has 1 saturated carbocycles. The van der Waals surface area contributed by atoms with Gasteiger partial charge in [-0.15, -0.1) is 0 Å². The van der Waals surface area contributed by atoms with Gasteiger partial charge < -0.3 is 5.73 Å². The van der Waals surface area contributed by atoms with E-state index in [0.29, 0.717) is 14.6 Å². The van der Waals surface area contributed by atoms with Crippen molar-refractivity contribution in [1.82, 2.24) is 4.72 Å². The van der Waals surface area contributed by atoms with Crippen LogP contribution in [0.2, 0.25) is 0 Å². The quantitative estimate of drug-likeness (QED) is 0.693. The van der Waals surface area contributed by atoms with Crippen LogP contribution in [-0.4, -0.2) is 14.5 Å². The molecule has 2 rings (SSSR count). The molecule has 21 heavy (non-hydrogen) atoms. The lowest BCUT2D eigenvalue weighted by Crippen LogP contribution is -2.35. The molecule has 3 N–H and O–H groups in total. The minimum absolute atomic E-state index is 0.0200. The van der Waals surface area contributed by atoms with Gasteiger partial charge in [-0.1, -0.05) is 32.1 Å². The molecule has 0 bridgehead atoms. The van der Waals surface area contributed by atoms with Crippen LogP contribution in [0.4, 0.5) is 5.69 Å². The van der Waals surface area contributed by atoms with Gasteiger partial charge >= 0.3 is 0 Å². The van der Waals surface area contributed by atoms with Crippen LogP contribution in [0.3, 0.4) is 0 Å². The number of rotatable bonds is 3. The van der Waals surface area contributed by atoms with E-state index in [2.05, 4.69) is 36.6 Å². The number of anilines is 1. The van der Waals surface area contributed by atoms with Gasteiger partial charge in [-0.2, -0.15) is 0 Å². The van der Waals surface area contributed by atoms with Crippen molar-refractivity contribution >= 4 is 47.6 Å². The van der Waals surface area contributed by atoms with E-state index < -0.39 is 10.0 Å². The molecule has 0 radical (unpaired) electrons. The molecule has 0 amide bonds. The van der Waals surface area contributed by atoms with Crippen molar-refractivity contribution in [3.63, 3.8) is 0 Å².